The average Bonchev–Trinajstić information content (AvgIpc) is 2.69. The molecule has 2 aromatic rings. The average molecular weight is 269 g/mol. The SMILES string of the molecule is CNC(c1ccc(F)c(F)c1F)c1cc(C)nn1C. The first-order valence-corrected chi connectivity index (χ1v) is 5.77. The van der Waals surface area contributed by atoms with Crippen LogP contribution in [0.1, 0.15) is 23.0 Å². The Morgan fingerprint density at radius 3 is 2.42 bits per heavy atom. The second-order valence-electron chi connectivity index (χ2n) is 4.32. The number of aryl methyl sites for hydroxylation is 2. The maximum atomic E-state index is 13.8. The van der Waals surface area contributed by atoms with E-state index in [1.165, 1.54) is 6.07 Å². The van der Waals surface area contributed by atoms with Gasteiger partial charge >= 0.3 is 0 Å². The summed E-state index contributed by atoms with van der Waals surface area (Å²) in [6.07, 6.45) is 0. The van der Waals surface area contributed by atoms with Crippen LogP contribution in [0.4, 0.5) is 13.2 Å². The van der Waals surface area contributed by atoms with Crippen LogP contribution in [0.5, 0.6) is 0 Å². The summed E-state index contributed by atoms with van der Waals surface area (Å²) in [5, 5.41) is 7.05. The zero-order valence-electron chi connectivity index (χ0n) is 10.8. The van der Waals surface area contributed by atoms with E-state index in [-0.39, 0.29) is 5.56 Å². The van der Waals surface area contributed by atoms with Crippen molar-refractivity contribution in [3.63, 3.8) is 0 Å². The van der Waals surface area contributed by atoms with E-state index in [2.05, 4.69) is 10.4 Å². The highest BCUT2D eigenvalue weighted by Crippen LogP contribution is 2.26. The molecule has 0 saturated heterocycles. The number of halogens is 3. The third-order valence-electron chi connectivity index (χ3n) is 3.00. The molecule has 0 saturated carbocycles. The zero-order valence-corrected chi connectivity index (χ0v) is 10.8. The highest BCUT2D eigenvalue weighted by molar-refractivity contribution is 5.31. The highest BCUT2D eigenvalue weighted by atomic mass is 19.2. The third kappa shape index (κ3) is 2.35. The molecule has 1 aromatic carbocycles. The minimum absolute atomic E-state index is 0.0457. The van der Waals surface area contributed by atoms with E-state index in [0.29, 0.717) is 5.69 Å². The van der Waals surface area contributed by atoms with Crippen molar-refractivity contribution in [2.24, 2.45) is 7.05 Å². The van der Waals surface area contributed by atoms with Crippen LogP contribution in [0.15, 0.2) is 18.2 Å². The first-order chi connectivity index (χ1) is 8.95. The molecule has 19 heavy (non-hydrogen) atoms. The lowest BCUT2D eigenvalue weighted by molar-refractivity contribution is 0.433. The molecule has 1 atom stereocenters. The second-order valence-corrected chi connectivity index (χ2v) is 4.32. The summed E-state index contributed by atoms with van der Waals surface area (Å²) in [5.41, 5.74) is 1.48. The van der Waals surface area contributed by atoms with E-state index in [0.717, 1.165) is 11.8 Å². The fourth-order valence-electron chi connectivity index (χ4n) is 2.13. The molecule has 0 radical (unpaired) electrons. The van der Waals surface area contributed by atoms with Crippen LogP contribution in [0.25, 0.3) is 0 Å². The van der Waals surface area contributed by atoms with Gasteiger partial charge in [0.15, 0.2) is 17.5 Å². The molecular formula is C13H14F3N3. The van der Waals surface area contributed by atoms with Crippen molar-refractivity contribution in [1.29, 1.82) is 0 Å². The lowest BCUT2D eigenvalue weighted by atomic mass is 10.0. The summed E-state index contributed by atoms with van der Waals surface area (Å²) >= 11 is 0. The molecule has 1 unspecified atom stereocenters. The van der Waals surface area contributed by atoms with Crippen LogP contribution >= 0.6 is 0 Å². The van der Waals surface area contributed by atoms with Crippen LogP contribution < -0.4 is 5.32 Å². The molecule has 1 aromatic heterocycles. The Bertz CT molecular complexity index is 607. The molecule has 0 fully saturated rings. The molecule has 0 spiro atoms. The van der Waals surface area contributed by atoms with E-state index in [1.54, 1.807) is 31.8 Å². The van der Waals surface area contributed by atoms with Gasteiger partial charge in [-0.3, -0.25) is 4.68 Å². The van der Waals surface area contributed by atoms with Gasteiger partial charge in [-0.05, 0) is 26.1 Å². The van der Waals surface area contributed by atoms with Gasteiger partial charge in [-0.1, -0.05) is 6.07 Å². The number of benzene rings is 1. The Hall–Kier alpha value is -1.82. The normalized spacial score (nSPS) is 12.7. The van der Waals surface area contributed by atoms with E-state index >= 15 is 0 Å². The summed E-state index contributed by atoms with van der Waals surface area (Å²) in [6.45, 7) is 1.80. The summed E-state index contributed by atoms with van der Waals surface area (Å²) in [5.74, 6) is -3.84. The van der Waals surface area contributed by atoms with Gasteiger partial charge in [0.05, 0.1) is 17.4 Å². The Morgan fingerprint density at radius 1 is 1.21 bits per heavy atom. The number of hydrogen-bond donors (Lipinski definition) is 1. The zero-order chi connectivity index (χ0) is 14.2. The van der Waals surface area contributed by atoms with Gasteiger partial charge in [-0.25, -0.2) is 13.2 Å². The lowest BCUT2D eigenvalue weighted by Crippen LogP contribution is -2.22. The summed E-state index contributed by atoms with van der Waals surface area (Å²) in [4.78, 5) is 0. The van der Waals surface area contributed by atoms with Crippen LogP contribution in [0.2, 0.25) is 0 Å². The number of rotatable bonds is 3. The van der Waals surface area contributed by atoms with Gasteiger partial charge in [0.1, 0.15) is 0 Å². The van der Waals surface area contributed by atoms with E-state index in [1.807, 2.05) is 0 Å². The predicted octanol–water partition coefficient (Wildman–Crippen LogP) is 2.45. The molecule has 0 amide bonds. The molecule has 2 rings (SSSR count). The first kappa shape index (κ1) is 13.6. The molecule has 0 bridgehead atoms. The Balaban J connectivity index is 2.54. The fourth-order valence-corrected chi connectivity index (χ4v) is 2.13. The monoisotopic (exact) mass is 269 g/mol. The van der Waals surface area contributed by atoms with Gasteiger partial charge < -0.3 is 5.32 Å². The lowest BCUT2D eigenvalue weighted by Gasteiger charge is -2.18. The number of nitrogens with zero attached hydrogens (tertiary/aromatic N) is 2. The first-order valence-electron chi connectivity index (χ1n) is 5.77. The number of hydrogen-bond acceptors (Lipinski definition) is 2. The van der Waals surface area contributed by atoms with Crippen LogP contribution in [0.3, 0.4) is 0 Å². The molecule has 0 aliphatic heterocycles. The summed E-state index contributed by atoms with van der Waals surface area (Å²) in [7, 11) is 3.33. The molecule has 0 aliphatic carbocycles. The van der Waals surface area contributed by atoms with Crippen molar-refractivity contribution < 1.29 is 13.2 Å². The smallest absolute Gasteiger partial charge is 0.194 e. The largest absolute Gasteiger partial charge is 0.308 e. The standard InChI is InChI=1S/C13H14F3N3/c1-7-6-10(19(3)18-7)13(17-2)8-4-5-9(14)12(16)11(8)15/h4-6,13,17H,1-3H3. The van der Waals surface area contributed by atoms with Gasteiger partial charge in [0.25, 0.3) is 0 Å². The van der Waals surface area contributed by atoms with Crippen molar-refractivity contribution in [3.8, 4) is 0 Å². The summed E-state index contributed by atoms with van der Waals surface area (Å²) < 4.78 is 41.7. The van der Waals surface area contributed by atoms with Crippen molar-refractivity contribution in [2.45, 2.75) is 13.0 Å². The second kappa shape index (κ2) is 5.05. The molecule has 6 heteroatoms. The van der Waals surface area contributed by atoms with Crippen LogP contribution in [-0.4, -0.2) is 16.8 Å². The van der Waals surface area contributed by atoms with E-state index < -0.39 is 23.5 Å². The van der Waals surface area contributed by atoms with Gasteiger partial charge in [0.2, 0.25) is 0 Å². The fraction of sp³-hybridized carbons (Fsp3) is 0.308. The Morgan fingerprint density at radius 2 is 1.89 bits per heavy atom. The highest BCUT2D eigenvalue weighted by Gasteiger charge is 2.23. The molecule has 1 heterocycles. The Labute approximate surface area is 109 Å². The van der Waals surface area contributed by atoms with Crippen LogP contribution in [0, 0.1) is 24.4 Å². The minimum Gasteiger partial charge on any atom is -0.308 e. The number of nitrogens with one attached hydrogen (secondary N) is 1. The van der Waals surface area contributed by atoms with E-state index in [4.69, 9.17) is 0 Å². The maximum absolute atomic E-state index is 13.8. The van der Waals surface area contributed by atoms with Crippen molar-refractivity contribution in [3.05, 3.63) is 52.6 Å². The van der Waals surface area contributed by atoms with Crippen molar-refractivity contribution in [1.82, 2.24) is 15.1 Å². The topological polar surface area (TPSA) is 29.9 Å². The van der Waals surface area contributed by atoms with Gasteiger partial charge in [-0.15, -0.1) is 0 Å². The third-order valence-corrected chi connectivity index (χ3v) is 3.00. The molecule has 1 N–H and O–H groups in total. The van der Waals surface area contributed by atoms with Gasteiger partial charge in [-0.2, -0.15) is 5.10 Å². The maximum Gasteiger partial charge on any atom is 0.194 e. The Kier molecular flexibility index (Phi) is 3.61. The van der Waals surface area contributed by atoms with Crippen molar-refractivity contribution in [2.75, 3.05) is 7.05 Å². The van der Waals surface area contributed by atoms with Crippen molar-refractivity contribution >= 4 is 0 Å². The van der Waals surface area contributed by atoms with Crippen LogP contribution in [-0.2, 0) is 7.05 Å². The van der Waals surface area contributed by atoms with E-state index in [9.17, 15) is 13.2 Å². The summed E-state index contributed by atoms with van der Waals surface area (Å²) in [6, 6.07) is 3.32. The molecule has 0 aliphatic rings. The quantitative estimate of drug-likeness (QED) is 0.867. The molecular weight excluding hydrogens is 255 g/mol. The van der Waals surface area contributed by atoms with Gasteiger partial charge in [0, 0.05) is 12.6 Å². The minimum atomic E-state index is -1.46. The molecule has 102 valence electrons. The predicted molar refractivity (Wildman–Crippen MR) is 65.2 cm³/mol. The number of aromatic nitrogens is 2. The molecule has 3 nitrogen and oxygen atoms in total.